The van der Waals surface area contributed by atoms with Crippen LogP contribution in [-0.4, -0.2) is 11.7 Å². The molecule has 1 radical (unpaired) electrons. The molecule has 0 atom stereocenters. The summed E-state index contributed by atoms with van der Waals surface area (Å²) in [6.07, 6.45) is 0. The van der Waals surface area contributed by atoms with E-state index < -0.39 is 4.92 Å². The first-order valence-electron chi connectivity index (χ1n) is 3.72. The second kappa shape index (κ2) is 3.06. The molecule has 0 aromatic heterocycles. The molecule has 0 amide bonds. The minimum absolute atomic E-state index is 0.0549. The van der Waals surface area contributed by atoms with Gasteiger partial charge in [0.1, 0.15) is 7.11 Å². The third-order valence-electron chi connectivity index (χ3n) is 1.81. The van der Waals surface area contributed by atoms with E-state index in [2.05, 4.69) is 11.8 Å². The highest BCUT2D eigenvalue weighted by Crippen LogP contribution is 2.41. The lowest BCUT2D eigenvalue weighted by molar-refractivity contribution is -0.385. The fourth-order valence-corrected chi connectivity index (χ4v) is 1.17. The monoisotopic (exact) mass is 196 g/mol. The van der Waals surface area contributed by atoms with Crippen LogP contribution in [-0.2, 0) is 0 Å². The lowest BCUT2D eigenvalue weighted by Gasteiger charge is -2.02. The first kappa shape index (κ1) is 8.61. The Morgan fingerprint density at radius 3 is 2.64 bits per heavy atom. The summed E-state index contributed by atoms with van der Waals surface area (Å²) in [5, 5.41) is 10.6. The van der Waals surface area contributed by atoms with Crippen LogP contribution in [0.3, 0.4) is 0 Å². The molecular weight excluding hydrogens is 190 g/mol. The van der Waals surface area contributed by atoms with Crippen LogP contribution in [0.5, 0.6) is 17.2 Å². The maximum Gasteiger partial charge on any atom is 0.314 e. The molecule has 1 aromatic carbocycles. The van der Waals surface area contributed by atoms with Crippen LogP contribution in [0.15, 0.2) is 12.1 Å². The SMILES string of the molecule is [CH2]Oc1cc2c(cc1[N+](=O)[O-])OCO2. The number of benzene rings is 1. The second-order valence-corrected chi connectivity index (χ2v) is 2.57. The van der Waals surface area contributed by atoms with E-state index in [1.165, 1.54) is 12.1 Å². The number of nitro groups is 1. The smallest absolute Gasteiger partial charge is 0.314 e. The van der Waals surface area contributed by atoms with E-state index in [0.717, 1.165) is 0 Å². The van der Waals surface area contributed by atoms with Crippen molar-refractivity contribution in [2.75, 3.05) is 6.79 Å². The van der Waals surface area contributed by atoms with Crippen LogP contribution in [0.1, 0.15) is 0 Å². The van der Waals surface area contributed by atoms with Gasteiger partial charge in [-0.3, -0.25) is 10.1 Å². The fraction of sp³-hybridized carbons (Fsp3) is 0.125. The minimum Gasteiger partial charge on any atom is -0.483 e. The molecule has 2 rings (SSSR count). The van der Waals surface area contributed by atoms with E-state index in [1.807, 2.05) is 0 Å². The van der Waals surface area contributed by atoms with Gasteiger partial charge in [0.15, 0.2) is 11.5 Å². The average molecular weight is 196 g/mol. The van der Waals surface area contributed by atoms with Gasteiger partial charge in [0, 0.05) is 6.07 Å². The molecule has 73 valence electrons. The number of nitro benzene ring substituents is 1. The molecule has 0 aliphatic carbocycles. The Morgan fingerprint density at radius 1 is 1.43 bits per heavy atom. The summed E-state index contributed by atoms with van der Waals surface area (Å²) in [7, 11) is 3.12. The van der Waals surface area contributed by atoms with Crippen molar-refractivity contribution in [3.8, 4) is 17.2 Å². The maximum absolute atomic E-state index is 10.6. The Kier molecular flexibility index (Phi) is 1.88. The van der Waals surface area contributed by atoms with Crippen LogP contribution >= 0.6 is 0 Å². The van der Waals surface area contributed by atoms with Gasteiger partial charge in [-0.15, -0.1) is 0 Å². The van der Waals surface area contributed by atoms with Crippen LogP contribution in [0.2, 0.25) is 0 Å². The molecule has 6 heteroatoms. The van der Waals surface area contributed by atoms with Gasteiger partial charge in [0.2, 0.25) is 12.5 Å². The zero-order valence-electron chi connectivity index (χ0n) is 7.06. The van der Waals surface area contributed by atoms with Crippen molar-refractivity contribution in [1.82, 2.24) is 0 Å². The highest BCUT2D eigenvalue weighted by Gasteiger charge is 2.23. The van der Waals surface area contributed by atoms with Gasteiger partial charge in [-0.25, -0.2) is 0 Å². The van der Waals surface area contributed by atoms with Crippen molar-refractivity contribution in [2.45, 2.75) is 0 Å². The highest BCUT2D eigenvalue weighted by molar-refractivity contribution is 5.58. The fourth-order valence-electron chi connectivity index (χ4n) is 1.17. The summed E-state index contributed by atoms with van der Waals surface area (Å²) in [6, 6.07) is 2.64. The Balaban J connectivity index is 2.54. The molecule has 6 nitrogen and oxygen atoms in total. The summed E-state index contributed by atoms with van der Waals surface area (Å²) in [4.78, 5) is 10.0. The Morgan fingerprint density at radius 2 is 2.07 bits per heavy atom. The molecule has 14 heavy (non-hydrogen) atoms. The number of nitrogens with zero attached hydrogens (tertiary/aromatic N) is 1. The number of fused-ring (bicyclic) bond motifs is 1. The van der Waals surface area contributed by atoms with Gasteiger partial charge in [0.25, 0.3) is 0 Å². The zero-order valence-corrected chi connectivity index (χ0v) is 7.06. The largest absolute Gasteiger partial charge is 0.483 e. The highest BCUT2D eigenvalue weighted by atomic mass is 16.7. The van der Waals surface area contributed by atoms with Gasteiger partial charge < -0.3 is 14.2 Å². The number of ether oxygens (including phenoxy) is 3. The Labute approximate surface area is 79.1 Å². The lowest BCUT2D eigenvalue weighted by atomic mass is 10.2. The summed E-state index contributed by atoms with van der Waals surface area (Å²) >= 11 is 0. The molecule has 0 spiro atoms. The normalized spacial score (nSPS) is 12.6. The first-order chi connectivity index (χ1) is 6.72. The van der Waals surface area contributed by atoms with Crippen LogP contribution in [0, 0.1) is 17.2 Å². The molecular formula is C8H6NO5. The van der Waals surface area contributed by atoms with Crippen molar-refractivity contribution in [3.05, 3.63) is 29.4 Å². The molecule has 0 bridgehead atoms. The summed E-state index contributed by atoms with van der Waals surface area (Å²) < 4.78 is 14.6. The summed E-state index contributed by atoms with van der Waals surface area (Å²) in [6.45, 7) is 0.0626. The van der Waals surface area contributed by atoms with Gasteiger partial charge in [-0.05, 0) is 0 Å². The quantitative estimate of drug-likeness (QED) is 0.529. The van der Waals surface area contributed by atoms with Crippen molar-refractivity contribution in [3.63, 3.8) is 0 Å². The zero-order chi connectivity index (χ0) is 10.1. The van der Waals surface area contributed by atoms with E-state index in [0.29, 0.717) is 11.5 Å². The molecule has 1 aromatic rings. The van der Waals surface area contributed by atoms with E-state index >= 15 is 0 Å². The van der Waals surface area contributed by atoms with Gasteiger partial charge >= 0.3 is 5.69 Å². The standard InChI is InChI=1S/C8H6NO5/c1-12-6-3-8-7(13-4-14-8)2-5(6)9(10)11/h2-3H,1,4H2. The van der Waals surface area contributed by atoms with Gasteiger partial charge in [-0.2, -0.15) is 0 Å². The van der Waals surface area contributed by atoms with E-state index in [-0.39, 0.29) is 18.2 Å². The molecule has 1 aliphatic rings. The summed E-state index contributed by atoms with van der Waals surface area (Å²) in [5.74, 6) is 0.825. The lowest BCUT2D eigenvalue weighted by Crippen LogP contribution is -1.93. The van der Waals surface area contributed by atoms with Crippen LogP contribution < -0.4 is 14.2 Å². The van der Waals surface area contributed by atoms with Crippen molar-refractivity contribution in [2.24, 2.45) is 0 Å². The van der Waals surface area contributed by atoms with Crippen LogP contribution in [0.4, 0.5) is 5.69 Å². The topological polar surface area (TPSA) is 70.8 Å². The maximum atomic E-state index is 10.6. The number of rotatable bonds is 2. The van der Waals surface area contributed by atoms with E-state index in [4.69, 9.17) is 9.47 Å². The minimum atomic E-state index is -0.567. The molecule has 0 saturated carbocycles. The average Bonchev–Trinajstić information content (AvgIpc) is 2.62. The summed E-state index contributed by atoms with van der Waals surface area (Å²) in [5.41, 5.74) is -0.191. The molecule has 1 heterocycles. The molecule has 1 aliphatic heterocycles. The van der Waals surface area contributed by atoms with E-state index in [1.54, 1.807) is 0 Å². The van der Waals surface area contributed by atoms with Gasteiger partial charge in [-0.1, -0.05) is 0 Å². The van der Waals surface area contributed by atoms with Crippen LogP contribution in [0.25, 0.3) is 0 Å². The third-order valence-corrected chi connectivity index (χ3v) is 1.81. The molecule has 0 fully saturated rings. The molecule has 0 unspecified atom stereocenters. The number of hydrogen-bond acceptors (Lipinski definition) is 5. The van der Waals surface area contributed by atoms with Crippen molar-refractivity contribution >= 4 is 5.69 Å². The first-order valence-corrected chi connectivity index (χ1v) is 3.72. The van der Waals surface area contributed by atoms with Gasteiger partial charge in [0.05, 0.1) is 11.0 Å². The third kappa shape index (κ3) is 1.20. The predicted octanol–water partition coefficient (Wildman–Crippen LogP) is 1.49. The molecule has 0 N–H and O–H groups in total. The van der Waals surface area contributed by atoms with Crippen molar-refractivity contribution < 1.29 is 19.1 Å². The Hall–Kier alpha value is -1.98. The Bertz CT molecular complexity index is 390. The molecule has 0 saturated heterocycles. The second-order valence-electron chi connectivity index (χ2n) is 2.57. The number of hydrogen-bond donors (Lipinski definition) is 0. The van der Waals surface area contributed by atoms with Crippen molar-refractivity contribution in [1.29, 1.82) is 0 Å². The predicted molar refractivity (Wildman–Crippen MR) is 45.2 cm³/mol. The van der Waals surface area contributed by atoms with E-state index in [9.17, 15) is 10.1 Å².